The molecule has 0 bridgehead atoms. The van der Waals surface area contributed by atoms with Gasteiger partial charge in [-0.05, 0) is 50.6 Å². The Bertz CT molecular complexity index is 751. The van der Waals surface area contributed by atoms with Gasteiger partial charge in [0.15, 0.2) is 0 Å². The standard InChI is InChI=1S/C15H20N2O2S2/c1-10-5-7-13(9-14(10)16)21(18,19)17(4)12(3)15-8-6-11(2)20-15/h5-9,12H,16H2,1-4H3. The summed E-state index contributed by atoms with van der Waals surface area (Å²) in [4.78, 5) is 2.43. The van der Waals surface area contributed by atoms with E-state index in [2.05, 4.69) is 0 Å². The molecule has 1 atom stereocenters. The summed E-state index contributed by atoms with van der Waals surface area (Å²) in [6.45, 7) is 5.75. The molecule has 6 heteroatoms. The summed E-state index contributed by atoms with van der Waals surface area (Å²) in [6, 6.07) is 8.62. The van der Waals surface area contributed by atoms with Gasteiger partial charge in [0, 0.05) is 22.5 Å². The van der Waals surface area contributed by atoms with Gasteiger partial charge < -0.3 is 5.73 Å². The van der Waals surface area contributed by atoms with Crippen molar-refractivity contribution in [2.45, 2.75) is 31.7 Å². The van der Waals surface area contributed by atoms with Crippen LogP contribution in [0.3, 0.4) is 0 Å². The Kier molecular flexibility index (Phi) is 4.41. The lowest BCUT2D eigenvalue weighted by atomic mass is 10.2. The number of anilines is 1. The van der Waals surface area contributed by atoms with Gasteiger partial charge >= 0.3 is 0 Å². The molecule has 0 amide bonds. The van der Waals surface area contributed by atoms with Gasteiger partial charge in [0.1, 0.15) is 0 Å². The van der Waals surface area contributed by atoms with E-state index in [1.165, 1.54) is 15.2 Å². The van der Waals surface area contributed by atoms with E-state index >= 15 is 0 Å². The monoisotopic (exact) mass is 324 g/mol. The Balaban J connectivity index is 2.36. The van der Waals surface area contributed by atoms with Crippen LogP contribution in [-0.4, -0.2) is 19.8 Å². The second kappa shape index (κ2) is 5.79. The molecule has 0 aliphatic rings. The fraction of sp³-hybridized carbons (Fsp3) is 0.333. The highest BCUT2D eigenvalue weighted by Gasteiger charge is 2.27. The van der Waals surface area contributed by atoms with Crippen LogP contribution in [0, 0.1) is 13.8 Å². The SMILES string of the molecule is Cc1ccc(C(C)N(C)S(=O)(=O)c2ccc(C)c(N)c2)s1. The van der Waals surface area contributed by atoms with Gasteiger partial charge in [0.2, 0.25) is 10.0 Å². The Labute approximate surface area is 130 Å². The molecule has 0 radical (unpaired) electrons. The topological polar surface area (TPSA) is 63.4 Å². The van der Waals surface area contributed by atoms with Gasteiger partial charge in [-0.3, -0.25) is 0 Å². The summed E-state index contributed by atoms with van der Waals surface area (Å²) < 4.78 is 26.8. The smallest absolute Gasteiger partial charge is 0.243 e. The van der Waals surface area contributed by atoms with Crippen LogP contribution in [0.2, 0.25) is 0 Å². The number of hydrogen-bond donors (Lipinski definition) is 1. The van der Waals surface area contributed by atoms with Gasteiger partial charge in [-0.1, -0.05) is 6.07 Å². The van der Waals surface area contributed by atoms with Crippen LogP contribution in [0.15, 0.2) is 35.2 Å². The Morgan fingerprint density at radius 3 is 2.38 bits per heavy atom. The molecule has 2 rings (SSSR count). The molecule has 0 aliphatic carbocycles. The van der Waals surface area contributed by atoms with E-state index in [1.54, 1.807) is 30.5 Å². The minimum Gasteiger partial charge on any atom is -0.398 e. The second-order valence-electron chi connectivity index (χ2n) is 5.16. The maximum atomic E-state index is 12.7. The normalized spacial score (nSPS) is 13.6. The molecule has 0 fully saturated rings. The number of rotatable bonds is 4. The minimum absolute atomic E-state index is 0.212. The van der Waals surface area contributed by atoms with E-state index in [-0.39, 0.29) is 10.9 Å². The minimum atomic E-state index is -3.56. The van der Waals surface area contributed by atoms with Crippen molar-refractivity contribution >= 4 is 27.0 Å². The first-order valence-electron chi connectivity index (χ1n) is 6.64. The molecule has 1 aromatic carbocycles. The fourth-order valence-corrected chi connectivity index (χ4v) is 4.43. The summed E-state index contributed by atoms with van der Waals surface area (Å²) >= 11 is 1.61. The second-order valence-corrected chi connectivity index (χ2v) is 8.48. The van der Waals surface area contributed by atoms with E-state index in [1.807, 2.05) is 32.9 Å². The first-order chi connectivity index (χ1) is 9.73. The molecule has 1 heterocycles. The van der Waals surface area contributed by atoms with E-state index in [0.29, 0.717) is 5.69 Å². The number of sulfonamides is 1. The molecule has 1 unspecified atom stereocenters. The molecular weight excluding hydrogens is 304 g/mol. The van der Waals surface area contributed by atoms with Crippen molar-refractivity contribution in [3.8, 4) is 0 Å². The maximum absolute atomic E-state index is 12.7. The van der Waals surface area contributed by atoms with Gasteiger partial charge in [0.25, 0.3) is 0 Å². The summed E-state index contributed by atoms with van der Waals surface area (Å²) in [5.41, 5.74) is 7.19. The van der Waals surface area contributed by atoms with Crippen LogP contribution < -0.4 is 5.73 Å². The van der Waals surface area contributed by atoms with Crippen molar-refractivity contribution in [3.63, 3.8) is 0 Å². The fourth-order valence-electron chi connectivity index (χ4n) is 2.01. The van der Waals surface area contributed by atoms with Crippen LogP contribution in [0.1, 0.15) is 28.3 Å². The highest BCUT2D eigenvalue weighted by molar-refractivity contribution is 7.89. The lowest BCUT2D eigenvalue weighted by Gasteiger charge is -2.23. The van der Waals surface area contributed by atoms with Gasteiger partial charge in [-0.2, -0.15) is 4.31 Å². The van der Waals surface area contributed by atoms with Crippen molar-refractivity contribution in [2.24, 2.45) is 0 Å². The van der Waals surface area contributed by atoms with Crippen molar-refractivity contribution in [3.05, 3.63) is 45.6 Å². The average Bonchev–Trinajstić information content (AvgIpc) is 2.86. The third-order valence-electron chi connectivity index (χ3n) is 3.65. The number of thiophene rings is 1. The zero-order valence-corrected chi connectivity index (χ0v) is 14.3. The Hall–Kier alpha value is -1.37. The molecule has 0 aliphatic heterocycles. The van der Waals surface area contributed by atoms with E-state index in [4.69, 9.17) is 5.73 Å². The molecule has 114 valence electrons. The lowest BCUT2D eigenvalue weighted by molar-refractivity contribution is 0.403. The van der Waals surface area contributed by atoms with Crippen molar-refractivity contribution in [2.75, 3.05) is 12.8 Å². The molecule has 1 aromatic heterocycles. The molecule has 4 nitrogen and oxygen atoms in total. The number of nitrogen functional groups attached to an aromatic ring is 1. The van der Waals surface area contributed by atoms with E-state index < -0.39 is 10.0 Å². The molecule has 2 N–H and O–H groups in total. The van der Waals surface area contributed by atoms with Gasteiger partial charge in [0.05, 0.1) is 10.9 Å². The van der Waals surface area contributed by atoms with Crippen LogP contribution in [0.4, 0.5) is 5.69 Å². The predicted octanol–water partition coefficient (Wildman–Crippen LogP) is 3.33. The molecule has 0 spiro atoms. The quantitative estimate of drug-likeness (QED) is 0.877. The number of aryl methyl sites for hydroxylation is 2. The number of nitrogens with two attached hydrogens (primary N) is 1. The van der Waals surface area contributed by atoms with Crippen molar-refractivity contribution < 1.29 is 8.42 Å². The first kappa shape index (κ1) is 16.0. The molecule has 21 heavy (non-hydrogen) atoms. The summed E-state index contributed by atoms with van der Waals surface area (Å²) in [6.07, 6.45) is 0. The summed E-state index contributed by atoms with van der Waals surface area (Å²) in [5.74, 6) is 0. The zero-order chi connectivity index (χ0) is 15.8. The third kappa shape index (κ3) is 3.12. The van der Waals surface area contributed by atoms with Crippen LogP contribution in [-0.2, 0) is 10.0 Å². The summed E-state index contributed by atoms with van der Waals surface area (Å²) in [5, 5.41) is 0. The van der Waals surface area contributed by atoms with Crippen LogP contribution in [0.5, 0.6) is 0 Å². The molecule has 2 aromatic rings. The molecule has 0 saturated carbocycles. The van der Waals surface area contributed by atoms with Crippen molar-refractivity contribution in [1.29, 1.82) is 0 Å². The Morgan fingerprint density at radius 2 is 1.86 bits per heavy atom. The highest BCUT2D eigenvalue weighted by Crippen LogP contribution is 2.30. The van der Waals surface area contributed by atoms with Gasteiger partial charge in [-0.25, -0.2) is 8.42 Å². The molecule has 0 saturated heterocycles. The molecular formula is C15H20N2O2S2. The van der Waals surface area contributed by atoms with E-state index in [9.17, 15) is 8.42 Å². The van der Waals surface area contributed by atoms with Crippen LogP contribution in [0.25, 0.3) is 0 Å². The predicted molar refractivity (Wildman–Crippen MR) is 88.0 cm³/mol. The average molecular weight is 324 g/mol. The Morgan fingerprint density at radius 1 is 1.19 bits per heavy atom. The largest absolute Gasteiger partial charge is 0.398 e. The number of benzene rings is 1. The maximum Gasteiger partial charge on any atom is 0.243 e. The van der Waals surface area contributed by atoms with Crippen molar-refractivity contribution in [1.82, 2.24) is 4.31 Å². The van der Waals surface area contributed by atoms with Gasteiger partial charge in [-0.15, -0.1) is 11.3 Å². The summed E-state index contributed by atoms with van der Waals surface area (Å²) in [7, 11) is -1.95. The number of hydrogen-bond acceptors (Lipinski definition) is 4. The first-order valence-corrected chi connectivity index (χ1v) is 8.89. The highest BCUT2D eigenvalue weighted by atomic mass is 32.2. The van der Waals surface area contributed by atoms with Crippen LogP contribution >= 0.6 is 11.3 Å². The zero-order valence-electron chi connectivity index (χ0n) is 12.6. The third-order valence-corrected chi connectivity index (χ3v) is 6.74. The van der Waals surface area contributed by atoms with E-state index in [0.717, 1.165) is 10.4 Å². The lowest BCUT2D eigenvalue weighted by Crippen LogP contribution is -2.29. The number of nitrogens with zero attached hydrogens (tertiary/aromatic N) is 1.